The molecule has 0 amide bonds. The Kier molecular flexibility index (Phi) is 9.79. The normalized spacial score (nSPS) is 11.3. The second kappa shape index (κ2) is 14.5. The number of benzene rings is 6. The molecular weight excluding hydrogens is 687 g/mol. The zero-order chi connectivity index (χ0) is 32.6. The van der Waals surface area contributed by atoms with Gasteiger partial charge in [0.2, 0.25) is 0 Å². The molecule has 0 aliphatic carbocycles. The van der Waals surface area contributed by atoms with E-state index in [0.717, 1.165) is 0 Å². The van der Waals surface area contributed by atoms with Gasteiger partial charge in [-0.1, -0.05) is 0 Å². The van der Waals surface area contributed by atoms with Gasteiger partial charge in [-0.15, -0.1) is 0 Å². The summed E-state index contributed by atoms with van der Waals surface area (Å²) >= 11 is -5.42. The summed E-state index contributed by atoms with van der Waals surface area (Å²) in [6, 6.07) is 53.8. The molecule has 6 rings (SSSR count). The first-order valence-corrected chi connectivity index (χ1v) is 21.7. The Morgan fingerprint density at radius 2 is 0.489 bits per heavy atom. The average Bonchev–Trinajstić information content (AvgIpc) is 3.16. The average molecular weight is 719 g/mol. The van der Waals surface area contributed by atoms with Crippen molar-refractivity contribution in [1.29, 1.82) is 0 Å². The SMILES string of the molecule is O=C(c1ccccc1)[CH](C(=O)c1ccccc1)[Sn]([c]1ccccc1)([c]1ccccc1)[CH](C(=O)c1ccccc1)C(=O)c1ccccc1. The van der Waals surface area contributed by atoms with Crippen molar-refractivity contribution in [3.05, 3.63) is 204 Å². The third kappa shape index (κ3) is 6.29. The Labute approximate surface area is 278 Å². The van der Waals surface area contributed by atoms with Crippen molar-refractivity contribution in [3.63, 3.8) is 0 Å². The van der Waals surface area contributed by atoms with Gasteiger partial charge in [0.15, 0.2) is 0 Å². The van der Waals surface area contributed by atoms with Gasteiger partial charge in [0, 0.05) is 0 Å². The van der Waals surface area contributed by atoms with E-state index >= 15 is 19.2 Å². The Bertz CT molecular complexity index is 1730. The van der Waals surface area contributed by atoms with E-state index in [1.54, 1.807) is 97.1 Å². The third-order valence-corrected chi connectivity index (χ3v) is 24.2. The summed E-state index contributed by atoms with van der Waals surface area (Å²) in [4.78, 5) is 60.7. The Balaban J connectivity index is 1.78. The molecule has 228 valence electrons. The van der Waals surface area contributed by atoms with E-state index in [9.17, 15) is 0 Å². The first kappa shape index (κ1) is 31.8. The minimum atomic E-state index is -5.42. The monoisotopic (exact) mass is 720 g/mol. The van der Waals surface area contributed by atoms with E-state index in [1.165, 1.54) is 0 Å². The van der Waals surface area contributed by atoms with Gasteiger partial charge >= 0.3 is 280 Å². The van der Waals surface area contributed by atoms with Crippen LogP contribution in [0.4, 0.5) is 0 Å². The molecule has 0 aromatic heterocycles. The van der Waals surface area contributed by atoms with E-state index < -0.39 is 49.4 Å². The number of carbonyl (C=O) groups excluding carboxylic acids is 4. The fraction of sp³-hybridized carbons (Fsp3) is 0.0476. The third-order valence-electron chi connectivity index (χ3n) is 8.70. The first-order valence-electron chi connectivity index (χ1n) is 15.5. The standard InChI is InChI=1S/2C15H11O2.2C6H5.Sn/c2*16-14(12-7-3-1-4-8-12)11-15(17)13-9-5-2-6-10-13;2*1-2-4-6-5-3-1;/h2*1-11H;2*1-5H;. The van der Waals surface area contributed by atoms with Gasteiger partial charge in [-0.25, -0.2) is 0 Å². The van der Waals surface area contributed by atoms with Crippen molar-refractivity contribution in [2.45, 2.75) is 7.87 Å². The number of rotatable bonds is 12. The molecule has 0 saturated carbocycles. The van der Waals surface area contributed by atoms with Crippen molar-refractivity contribution in [1.82, 2.24) is 0 Å². The maximum absolute atomic E-state index is 15.2. The van der Waals surface area contributed by atoms with Crippen LogP contribution in [0.3, 0.4) is 0 Å². The van der Waals surface area contributed by atoms with E-state index in [4.69, 9.17) is 0 Å². The van der Waals surface area contributed by atoms with Gasteiger partial charge in [-0.3, -0.25) is 0 Å². The number of Topliss-reactive ketones (excluding diaryl/α,β-unsaturated/α-hetero) is 4. The Morgan fingerprint density at radius 3 is 0.702 bits per heavy atom. The van der Waals surface area contributed by atoms with Crippen LogP contribution in [0.15, 0.2) is 182 Å². The van der Waals surface area contributed by atoms with Gasteiger partial charge in [0.05, 0.1) is 0 Å². The zero-order valence-corrected chi connectivity index (χ0v) is 28.5. The van der Waals surface area contributed by atoms with Gasteiger partial charge < -0.3 is 0 Å². The van der Waals surface area contributed by atoms with Crippen LogP contribution in [0, 0.1) is 0 Å². The van der Waals surface area contributed by atoms with Crippen LogP contribution in [0.5, 0.6) is 0 Å². The molecule has 6 aromatic carbocycles. The van der Waals surface area contributed by atoms with Crippen LogP contribution in [-0.2, 0) is 0 Å². The number of carbonyl (C=O) groups is 4. The van der Waals surface area contributed by atoms with Crippen LogP contribution in [0.2, 0.25) is 7.87 Å². The Hall–Kier alpha value is -5.20. The number of hydrogen-bond donors (Lipinski definition) is 0. The van der Waals surface area contributed by atoms with Crippen LogP contribution in [0.25, 0.3) is 0 Å². The molecule has 6 aromatic rings. The topological polar surface area (TPSA) is 68.3 Å². The molecule has 4 nitrogen and oxygen atoms in total. The zero-order valence-electron chi connectivity index (χ0n) is 25.6. The fourth-order valence-corrected chi connectivity index (χ4v) is 23.1. The van der Waals surface area contributed by atoms with Crippen molar-refractivity contribution >= 4 is 48.7 Å². The summed E-state index contributed by atoms with van der Waals surface area (Å²) in [5.41, 5.74) is 1.42. The molecule has 0 aliphatic heterocycles. The molecule has 47 heavy (non-hydrogen) atoms. The molecule has 0 atom stereocenters. The van der Waals surface area contributed by atoms with Crippen molar-refractivity contribution in [2.75, 3.05) is 0 Å². The van der Waals surface area contributed by atoms with Gasteiger partial charge in [0.25, 0.3) is 0 Å². The summed E-state index contributed by atoms with van der Waals surface area (Å²) in [6.45, 7) is 0. The molecular formula is C42H32O4Sn. The molecule has 0 spiro atoms. The van der Waals surface area contributed by atoms with Gasteiger partial charge in [-0.05, 0) is 0 Å². The molecule has 5 heteroatoms. The molecule has 0 radical (unpaired) electrons. The predicted octanol–water partition coefficient (Wildman–Crippen LogP) is 7.52. The van der Waals surface area contributed by atoms with E-state index in [-0.39, 0.29) is 0 Å². The van der Waals surface area contributed by atoms with Crippen molar-refractivity contribution in [2.24, 2.45) is 0 Å². The van der Waals surface area contributed by atoms with Gasteiger partial charge in [-0.2, -0.15) is 0 Å². The molecule has 0 unspecified atom stereocenters. The van der Waals surface area contributed by atoms with E-state index in [0.29, 0.717) is 29.4 Å². The van der Waals surface area contributed by atoms with Crippen LogP contribution in [0.1, 0.15) is 41.4 Å². The number of hydrogen-bond acceptors (Lipinski definition) is 4. The maximum atomic E-state index is 15.2. The number of ketones is 4. The fourth-order valence-electron chi connectivity index (χ4n) is 6.57. The van der Waals surface area contributed by atoms with E-state index in [2.05, 4.69) is 0 Å². The first-order chi connectivity index (χ1) is 23.0. The van der Waals surface area contributed by atoms with Crippen LogP contribution < -0.4 is 7.16 Å². The van der Waals surface area contributed by atoms with Crippen LogP contribution in [-0.4, -0.2) is 41.5 Å². The predicted molar refractivity (Wildman–Crippen MR) is 188 cm³/mol. The summed E-state index contributed by atoms with van der Waals surface area (Å²) < 4.78 is -1.18. The summed E-state index contributed by atoms with van der Waals surface area (Å²) in [6.07, 6.45) is 0. The van der Waals surface area contributed by atoms with Crippen molar-refractivity contribution in [3.8, 4) is 0 Å². The van der Waals surface area contributed by atoms with E-state index in [1.807, 2.05) is 84.9 Å². The van der Waals surface area contributed by atoms with Crippen LogP contribution >= 0.6 is 0 Å². The second-order valence-electron chi connectivity index (χ2n) is 11.4. The molecule has 0 heterocycles. The quantitative estimate of drug-likeness (QED) is 0.0746. The van der Waals surface area contributed by atoms with Crippen molar-refractivity contribution < 1.29 is 19.2 Å². The minimum absolute atomic E-state index is 0.354. The molecule has 0 aliphatic rings. The molecule has 0 N–H and O–H groups in total. The second-order valence-corrected chi connectivity index (χ2v) is 22.9. The Morgan fingerprint density at radius 1 is 0.298 bits per heavy atom. The summed E-state index contributed by atoms with van der Waals surface area (Å²) in [5, 5.41) is 0. The van der Waals surface area contributed by atoms with Gasteiger partial charge in [0.1, 0.15) is 0 Å². The summed E-state index contributed by atoms with van der Waals surface area (Å²) in [5.74, 6) is -1.58. The molecule has 0 bridgehead atoms. The summed E-state index contributed by atoms with van der Waals surface area (Å²) in [7, 11) is 0. The molecule has 0 saturated heterocycles. The molecule has 0 fully saturated rings.